The molecule has 1 amide bonds. The summed E-state index contributed by atoms with van der Waals surface area (Å²) in [7, 11) is 1.69. The zero-order valence-electron chi connectivity index (χ0n) is 18.6. The summed E-state index contributed by atoms with van der Waals surface area (Å²) in [6, 6.07) is 3.78. The number of halogens is 4. The molecule has 184 valence electrons. The molecule has 1 aliphatic carbocycles. The van der Waals surface area contributed by atoms with Gasteiger partial charge in [-0.05, 0) is 31.0 Å². The van der Waals surface area contributed by atoms with Crippen LogP contribution in [0.25, 0.3) is 0 Å². The van der Waals surface area contributed by atoms with E-state index in [1.165, 1.54) is 10.9 Å². The average Bonchev–Trinajstić information content (AvgIpc) is 3.50. The summed E-state index contributed by atoms with van der Waals surface area (Å²) in [6.07, 6.45) is 1.17. The number of carbonyl (C=O) groups excluding carboxylic acids is 1. The van der Waals surface area contributed by atoms with E-state index in [-0.39, 0.29) is 30.4 Å². The Bertz CT molecular complexity index is 1340. The average molecular weight is 491 g/mol. The van der Waals surface area contributed by atoms with Gasteiger partial charge in [0.15, 0.2) is 0 Å². The monoisotopic (exact) mass is 491 g/mol. The van der Waals surface area contributed by atoms with Crippen molar-refractivity contribution in [1.82, 2.24) is 14.3 Å². The smallest absolute Gasteiger partial charge is 0.416 e. The number of carbonyl (C=O) groups is 1. The predicted molar refractivity (Wildman–Crippen MR) is 118 cm³/mol. The Hall–Kier alpha value is -3.83. The fourth-order valence-electron chi connectivity index (χ4n) is 4.03. The number of ether oxygens (including phenoxy) is 1. The number of pyridine rings is 1. The van der Waals surface area contributed by atoms with Crippen molar-refractivity contribution in [2.75, 3.05) is 23.3 Å². The number of alkyl halides is 3. The van der Waals surface area contributed by atoms with Crippen LogP contribution in [0.2, 0.25) is 0 Å². The van der Waals surface area contributed by atoms with E-state index in [2.05, 4.69) is 10.4 Å². The van der Waals surface area contributed by atoms with Crippen molar-refractivity contribution < 1.29 is 27.1 Å². The van der Waals surface area contributed by atoms with E-state index < -0.39 is 35.1 Å². The second kappa shape index (κ2) is 8.43. The van der Waals surface area contributed by atoms with E-state index in [4.69, 9.17) is 4.74 Å². The molecule has 12 heteroatoms. The highest BCUT2D eigenvalue weighted by Gasteiger charge is 2.36. The van der Waals surface area contributed by atoms with Gasteiger partial charge in [0.25, 0.3) is 11.5 Å². The third-order valence-electron chi connectivity index (χ3n) is 5.92. The summed E-state index contributed by atoms with van der Waals surface area (Å²) in [5.41, 5.74) is -0.770. The Kier molecular flexibility index (Phi) is 5.53. The second-order valence-corrected chi connectivity index (χ2v) is 8.69. The van der Waals surface area contributed by atoms with Gasteiger partial charge in [0, 0.05) is 31.5 Å². The van der Waals surface area contributed by atoms with Crippen molar-refractivity contribution in [3.63, 3.8) is 0 Å². The number of aromatic nitrogens is 3. The molecule has 2 aromatic heterocycles. The Morgan fingerprint density at radius 3 is 2.57 bits per heavy atom. The summed E-state index contributed by atoms with van der Waals surface area (Å²) >= 11 is 0. The molecule has 5 rings (SSSR count). The maximum Gasteiger partial charge on any atom is 0.416 e. The Morgan fingerprint density at radius 1 is 1.20 bits per heavy atom. The third kappa shape index (κ3) is 4.73. The topological polar surface area (TPSA) is 81.4 Å². The van der Waals surface area contributed by atoms with E-state index in [0.717, 1.165) is 25.0 Å². The minimum absolute atomic E-state index is 0.0354. The highest BCUT2D eigenvalue weighted by atomic mass is 19.4. The summed E-state index contributed by atoms with van der Waals surface area (Å²) in [6.45, 7) is 0.413. The van der Waals surface area contributed by atoms with Crippen LogP contribution in [0.5, 0.6) is 5.75 Å². The molecule has 0 bridgehead atoms. The van der Waals surface area contributed by atoms with Crippen LogP contribution in [0.3, 0.4) is 0 Å². The molecule has 1 aliphatic heterocycles. The first-order valence-corrected chi connectivity index (χ1v) is 10.9. The number of nitrogens with zero attached hydrogens (tertiary/aromatic N) is 4. The number of aryl methyl sites for hydroxylation is 1. The van der Waals surface area contributed by atoms with Gasteiger partial charge in [0.1, 0.15) is 23.2 Å². The standard InChI is InChI=1S/C23H21F4N5O3/c1-30-10-15(9-28-30)29-21(33)20-19(4-5-32(22(20)34)16-2-3-16)31-11-18(12-31)35-17-7-13(23(25,26)27)6-14(24)8-17/h4-10,16,18H,2-3,11-12H2,1H3,(H,29,33). The molecule has 3 heterocycles. The van der Waals surface area contributed by atoms with Gasteiger partial charge in [0.2, 0.25) is 0 Å². The molecular weight excluding hydrogens is 470 g/mol. The Balaban J connectivity index is 1.35. The van der Waals surface area contributed by atoms with Gasteiger partial charge in [-0.2, -0.15) is 18.3 Å². The molecule has 2 aliphatic rings. The zero-order valence-corrected chi connectivity index (χ0v) is 18.6. The SMILES string of the molecule is Cn1cc(NC(=O)c2c(N3CC(Oc4cc(F)cc(C(F)(F)F)c4)C3)ccn(C3CC3)c2=O)cn1. The van der Waals surface area contributed by atoms with Gasteiger partial charge in [-0.1, -0.05) is 0 Å². The minimum Gasteiger partial charge on any atom is -0.487 e. The number of hydrogen-bond acceptors (Lipinski definition) is 5. The minimum atomic E-state index is -4.70. The molecule has 1 N–H and O–H groups in total. The maximum absolute atomic E-state index is 13.7. The van der Waals surface area contributed by atoms with Gasteiger partial charge < -0.3 is 19.5 Å². The number of amides is 1. The molecular formula is C23H21F4N5O3. The molecule has 8 nitrogen and oxygen atoms in total. The lowest BCUT2D eigenvalue weighted by molar-refractivity contribution is -0.137. The molecule has 0 radical (unpaired) electrons. The van der Waals surface area contributed by atoms with Crippen LogP contribution in [-0.2, 0) is 13.2 Å². The first-order valence-electron chi connectivity index (χ1n) is 10.9. The largest absolute Gasteiger partial charge is 0.487 e. The highest BCUT2D eigenvalue weighted by Crippen LogP contribution is 2.36. The first kappa shape index (κ1) is 22.9. The molecule has 0 atom stereocenters. The number of anilines is 2. The van der Waals surface area contributed by atoms with Crippen LogP contribution in [0, 0.1) is 5.82 Å². The lowest BCUT2D eigenvalue weighted by Crippen LogP contribution is -2.55. The zero-order chi connectivity index (χ0) is 24.9. The number of rotatable bonds is 6. The third-order valence-corrected chi connectivity index (χ3v) is 5.92. The normalized spacial score (nSPS) is 16.2. The van der Waals surface area contributed by atoms with Crippen molar-refractivity contribution in [1.29, 1.82) is 0 Å². The molecule has 0 unspecified atom stereocenters. The van der Waals surface area contributed by atoms with E-state index >= 15 is 0 Å². The van der Waals surface area contributed by atoms with Crippen molar-refractivity contribution >= 4 is 17.3 Å². The molecule has 2 fully saturated rings. The highest BCUT2D eigenvalue weighted by molar-refractivity contribution is 6.07. The molecule has 1 saturated heterocycles. The number of hydrogen-bond donors (Lipinski definition) is 1. The quantitative estimate of drug-likeness (QED) is 0.533. The summed E-state index contributed by atoms with van der Waals surface area (Å²) in [5, 5.41) is 6.68. The number of benzene rings is 1. The maximum atomic E-state index is 13.7. The molecule has 0 spiro atoms. The summed E-state index contributed by atoms with van der Waals surface area (Å²) in [5.74, 6) is -1.87. The van der Waals surface area contributed by atoms with Crippen molar-refractivity contribution in [3.05, 3.63) is 70.2 Å². The van der Waals surface area contributed by atoms with E-state index in [1.54, 1.807) is 35.0 Å². The van der Waals surface area contributed by atoms with E-state index in [0.29, 0.717) is 17.4 Å². The van der Waals surface area contributed by atoms with Crippen LogP contribution in [0.1, 0.15) is 34.8 Å². The fourth-order valence-corrected chi connectivity index (χ4v) is 4.03. The molecule has 3 aromatic rings. The van der Waals surface area contributed by atoms with Crippen molar-refractivity contribution in [3.8, 4) is 5.75 Å². The first-order chi connectivity index (χ1) is 16.6. The van der Waals surface area contributed by atoms with Crippen LogP contribution >= 0.6 is 0 Å². The van der Waals surface area contributed by atoms with Gasteiger partial charge in [-0.25, -0.2) is 4.39 Å². The molecule has 1 aromatic carbocycles. The Labute approximate surface area is 196 Å². The van der Waals surface area contributed by atoms with E-state index in [1.807, 2.05) is 0 Å². The van der Waals surface area contributed by atoms with Gasteiger partial charge in [-0.3, -0.25) is 14.3 Å². The second-order valence-electron chi connectivity index (χ2n) is 8.69. The lowest BCUT2D eigenvalue weighted by atomic mass is 10.1. The van der Waals surface area contributed by atoms with Crippen LogP contribution in [-0.4, -0.2) is 39.4 Å². The molecule has 1 saturated carbocycles. The Morgan fingerprint density at radius 2 is 1.94 bits per heavy atom. The van der Waals surface area contributed by atoms with Gasteiger partial charge in [-0.15, -0.1) is 0 Å². The lowest BCUT2D eigenvalue weighted by Gasteiger charge is -2.41. The van der Waals surface area contributed by atoms with Crippen LogP contribution in [0.15, 0.2) is 47.7 Å². The van der Waals surface area contributed by atoms with Gasteiger partial charge in [0.05, 0.1) is 36.2 Å². The summed E-state index contributed by atoms with van der Waals surface area (Å²) < 4.78 is 61.2. The van der Waals surface area contributed by atoms with Crippen LogP contribution in [0.4, 0.5) is 28.9 Å². The summed E-state index contributed by atoms with van der Waals surface area (Å²) in [4.78, 5) is 28.0. The van der Waals surface area contributed by atoms with Crippen LogP contribution < -0.4 is 20.5 Å². The number of nitrogens with one attached hydrogen (secondary N) is 1. The molecule has 35 heavy (non-hydrogen) atoms. The predicted octanol–water partition coefficient (Wildman–Crippen LogP) is 3.59. The van der Waals surface area contributed by atoms with E-state index in [9.17, 15) is 27.2 Å². The van der Waals surface area contributed by atoms with Crippen molar-refractivity contribution in [2.45, 2.75) is 31.2 Å². The fraction of sp³-hybridized carbons (Fsp3) is 0.348. The van der Waals surface area contributed by atoms with Gasteiger partial charge >= 0.3 is 6.18 Å². The van der Waals surface area contributed by atoms with Crippen molar-refractivity contribution in [2.24, 2.45) is 7.05 Å².